The van der Waals surface area contributed by atoms with Crippen LogP contribution in [0.2, 0.25) is 0 Å². The first-order valence-corrected chi connectivity index (χ1v) is 6.69. The highest BCUT2D eigenvalue weighted by molar-refractivity contribution is 5.95. The fraction of sp³-hybridized carbons (Fsp3) is 0.500. The minimum Gasteiger partial charge on any atom is -0.481 e. The molecule has 1 heterocycles. The number of carbonyl (C=O) groups is 2. The number of anilines is 1. The van der Waals surface area contributed by atoms with Crippen molar-refractivity contribution in [3.05, 3.63) is 28.7 Å². The molecule has 1 aliphatic rings. The van der Waals surface area contributed by atoms with Gasteiger partial charge in [0, 0.05) is 19.3 Å². The third-order valence-corrected chi connectivity index (χ3v) is 3.77. The Balaban J connectivity index is 2.11. The van der Waals surface area contributed by atoms with Gasteiger partial charge in [0.25, 0.3) is 0 Å². The average molecular weight is 278 g/mol. The highest BCUT2D eigenvalue weighted by Gasteiger charge is 2.35. The lowest BCUT2D eigenvalue weighted by molar-refractivity contribution is -0.147. The summed E-state index contributed by atoms with van der Waals surface area (Å²) in [5.74, 6) is -2.31. The highest BCUT2D eigenvalue weighted by Crippen LogP contribution is 2.31. The van der Waals surface area contributed by atoms with Gasteiger partial charge in [0.1, 0.15) is 0 Å². The van der Waals surface area contributed by atoms with Gasteiger partial charge in [0.05, 0.1) is 17.5 Å². The Labute approximate surface area is 116 Å². The van der Waals surface area contributed by atoms with Gasteiger partial charge in [0.15, 0.2) is 0 Å². The smallest absolute Gasteiger partial charge is 0.307 e. The van der Waals surface area contributed by atoms with Gasteiger partial charge in [-0.3, -0.25) is 14.4 Å². The molecule has 20 heavy (non-hydrogen) atoms. The average Bonchev–Trinajstić information content (AvgIpc) is 2.43. The van der Waals surface area contributed by atoms with Gasteiger partial charge < -0.3 is 15.0 Å². The van der Waals surface area contributed by atoms with Crippen molar-refractivity contribution in [1.29, 1.82) is 0 Å². The summed E-state index contributed by atoms with van der Waals surface area (Å²) in [5.41, 5.74) is 0.343. The van der Waals surface area contributed by atoms with Gasteiger partial charge in [-0.1, -0.05) is 12.8 Å². The molecule has 1 aromatic rings. The molecule has 1 saturated carbocycles. The predicted octanol–water partition coefficient (Wildman–Crippen LogP) is 1.21. The summed E-state index contributed by atoms with van der Waals surface area (Å²) in [4.78, 5) is 34.7. The molecule has 0 saturated heterocycles. The second-order valence-corrected chi connectivity index (χ2v) is 5.19. The molecule has 1 fully saturated rings. The van der Waals surface area contributed by atoms with E-state index in [-0.39, 0.29) is 11.5 Å². The van der Waals surface area contributed by atoms with E-state index in [0.717, 1.165) is 12.8 Å². The zero-order chi connectivity index (χ0) is 14.7. The Kier molecular flexibility index (Phi) is 4.22. The Hall–Kier alpha value is -2.11. The zero-order valence-electron chi connectivity index (χ0n) is 11.3. The van der Waals surface area contributed by atoms with Crippen LogP contribution < -0.4 is 10.9 Å². The van der Waals surface area contributed by atoms with Crippen molar-refractivity contribution in [3.63, 3.8) is 0 Å². The molecular formula is C14H18N2O4. The molecule has 2 atom stereocenters. The van der Waals surface area contributed by atoms with Crippen LogP contribution in [0.5, 0.6) is 0 Å². The van der Waals surface area contributed by atoms with Gasteiger partial charge in [-0.05, 0) is 18.9 Å². The predicted molar refractivity (Wildman–Crippen MR) is 73.4 cm³/mol. The number of carboxylic acids is 1. The Morgan fingerprint density at radius 2 is 1.90 bits per heavy atom. The Morgan fingerprint density at radius 1 is 1.25 bits per heavy atom. The molecule has 6 nitrogen and oxygen atoms in total. The van der Waals surface area contributed by atoms with Crippen LogP contribution in [0.1, 0.15) is 25.7 Å². The summed E-state index contributed by atoms with van der Waals surface area (Å²) in [6.07, 6.45) is 4.38. The third kappa shape index (κ3) is 3.07. The number of nitrogens with one attached hydrogen (secondary N) is 1. The van der Waals surface area contributed by atoms with Crippen molar-refractivity contribution in [2.75, 3.05) is 5.32 Å². The van der Waals surface area contributed by atoms with E-state index in [4.69, 9.17) is 0 Å². The van der Waals surface area contributed by atoms with Gasteiger partial charge in [-0.2, -0.15) is 0 Å². The molecule has 2 N–H and O–H groups in total. The molecule has 0 spiro atoms. The number of aliphatic carboxylic acids is 1. The van der Waals surface area contributed by atoms with Gasteiger partial charge in [-0.25, -0.2) is 0 Å². The molecule has 1 aliphatic carbocycles. The molecule has 108 valence electrons. The molecular weight excluding hydrogens is 260 g/mol. The van der Waals surface area contributed by atoms with E-state index in [1.165, 1.54) is 22.9 Å². The molecule has 0 aromatic carbocycles. The third-order valence-electron chi connectivity index (χ3n) is 3.77. The van der Waals surface area contributed by atoms with Crippen LogP contribution in [0, 0.1) is 11.8 Å². The van der Waals surface area contributed by atoms with E-state index in [2.05, 4.69) is 5.32 Å². The number of aryl methyl sites for hydroxylation is 1. The van der Waals surface area contributed by atoms with Crippen LogP contribution >= 0.6 is 0 Å². The summed E-state index contributed by atoms with van der Waals surface area (Å²) in [6, 6.07) is 2.89. The topological polar surface area (TPSA) is 88.4 Å². The van der Waals surface area contributed by atoms with Crippen molar-refractivity contribution in [1.82, 2.24) is 4.57 Å². The molecule has 1 aromatic heterocycles. The number of rotatable bonds is 3. The van der Waals surface area contributed by atoms with Crippen LogP contribution in [-0.2, 0) is 16.6 Å². The van der Waals surface area contributed by atoms with E-state index >= 15 is 0 Å². The lowest BCUT2D eigenvalue weighted by Crippen LogP contribution is -2.36. The summed E-state index contributed by atoms with van der Waals surface area (Å²) in [7, 11) is 1.60. The molecule has 0 unspecified atom stereocenters. The first-order valence-electron chi connectivity index (χ1n) is 6.69. The summed E-state index contributed by atoms with van der Waals surface area (Å²) >= 11 is 0. The summed E-state index contributed by atoms with van der Waals surface area (Å²) < 4.78 is 1.37. The largest absolute Gasteiger partial charge is 0.481 e. The van der Waals surface area contributed by atoms with Crippen molar-refractivity contribution >= 4 is 17.6 Å². The molecule has 1 amide bonds. The first kappa shape index (κ1) is 14.3. The normalized spacial score (nSPS) is 22.2. The molecule has 0 bridgehead atoms. The summed E-state index contributed by atoms with van der Waals surface area (Å²) in [6.45, 7) is 0. The van der Waals surface area contributed by atoms with Crippen LogP contribution in [0.3, 0.4) is 0 Å². The SMILES string of the molecule is Cn1cc(NC(=O)[C@@H]2CCCC[C@@H]2C(=O)O)ccc1=O. The van der Waals surface area contributed by atoms with Crippen LogP contribution in [-0.4, -0.2) is 21.6 Å². The molecule has 0 radical (unpaired) electrons. The summed E-state index contributed by atoms with van der Waals surface area (Å²) in [5, 5.41) is 11.9. The maximum absolute atomic E-state index is 12.2. The van der Waals surface area contributed by atoms with Crippen molar-refractivity contribution in [3.8, 4) is 0 Å². The number of carboxylic acid groups (broad SMARTS) is 1. The monoisotopic (exact) mass is 278 g/mol. The fourth-order valence-electron chi connectivity index (χ4n) is 2.64. The number of hydrogen-bond acceptors (Lipinski definition) is 3. The minimum atomic E-state index is -0.912. The lowest BCUT2D eigenvalue weighted by Gasteiger charge is -2.27. The standard InChI is InChI=1S/C14H18N2O4/c1-16-8-9(6-7-12(16)17)15-13(18)10-4-2-3-5-11(10)14(19)20/h6-8,10-11H,2-5H2,1H3,(H,15,18)(H,19,20)/t10-,11+/m1/s1. The van der Waals surface area contributed by atoms with Crippen molar-refractivity contribution < 1.29 is 14.7 Å². The first-order chi connectivity index (χ1) is 9.49. The van der Waals surface area contributed by atoms with E-state index in [1.54, 1.807) is 7.05 Å². The van der Waals surface area contributed by atoms with Crippen LogP contribution in [0.15, 0.2) is 23.1 Å². The number of hydrogen-bond donors (Lipinski definition) is 2. The van der Waals surface area contributed by atoms with E-state index in [0.29, 0.717) is 18.5 Å². The quantitative estimate of drug-likeness (QED) is 0.870. The van der Waals surface area contributed by atoms with Crippen LogP contribution in [0.25, 0.3) is 0 Å². The number of aromatic nitrogens is 1. The van der Waals surface area contributed by atoms with Gasteiger partial charge in [-0.15, -0.1) is 0 Å². The second-order valence-electron chi connectivity index (χ2n) is 5.19. The second kappa shape index (κ2) is 5.90. The Bertz CT molecular complexity index is 579. The van der Waals surface area contributed by atoms with Crippen LogP contribution in [0.4, 0.5) is 5.69 Å². The zero-order valence-corrected chi connectivity index (χ0v) is 11.3. The molecule has 0 aliphatic heterocycles. The van der Waals surface area contributed by atoms with E-state index in [9.17, 15) is 19.5 Å². The van der Waals surface area contributed by atoms with E-state index in [1.807, 2.05) is 0 Å². The molecule has 6 heteroatoms. The highest BCUT2D eigenvalue weighted by atomic mass is 16.4. The van der Waals surface area contributed by atoms with E-state index < -0.39 is 17.8 Å². The Morgan fingerprint density at radius 3 is 2.50 bits per heavy atom. The van der Waals surface area contributed by atoms with Gasteiger partial charge >= 0.3 is 5.97 Å². The van der Waals surface area contributed by atoms with Crippen molar-refractivity contribution in [2.24, 2.45) is 18.9 Å². The number of nitrogens with zero attached hydrogens (tertiary/aromatic N) is 1. The number of amides is 1. The van der Waals surface area contributed by atoms with Crippen molar-refractivity contribution in [2.45, 2.75) is 25.7 Å². The fourth-order valence-corrected chi connectivity index (χ4v) is 2.64. The van der Waals surface area contributed by atoms with Gasteiger partial charge in [0.2, 0.25) is 11.5 Å². The maximum atomic E-state index is 12.2. The number of pyridine rings is 1. The molecule has 2 rings (SSSR count). The maximum Gasteiger partial charge on any atom is 0.307 e. The minimum absolute atomic E-state index is 0.163. The lowest BCUT2D eigenvalue weighted by atomic mass is 9.78. The number of carbonyl (C=O) groups excluding carboxylic acids is 1.